The first-order valence-corrected chi connectivity index (χ1v) is 9.20. The minimum absolute atomic E-state index is 0.127. The Labute approximate surface area is 146 Å². The van der Waals surface area contributed by atoms with Crippen LogP contribution in [0.1, 0.15) is 36.7 Å². The van der Waals surface area contributed by atoms with Gasteiger partial charge in [0.2, 0.25) is 0 Å². The summed E-state index contributed by atoms with van der Waals surface area (Å²) >= 11 is 12.3. The summed E-state index contributed by atoms with van der Waals surface area (Å²) in [6.45, 7) is 5.08. The number of hydrogen-bond donors (Lipinski definition) is 0. The lowest BCUT2D eigenvalue weighted by atomic mass is 10.1. The SMILES string of the molecule is CC(C)(C)OC(=O)c1ccc(Cl)c(C=CCOS(C)(=O)=O)c1Cl. The number of ether oxygens (including phenoxy) is 1. The first kappa shape index (κ1) is 20.0. The zero-order valence-electron chi connectivity index (χ0n) is 13.2. The van der Waals surface area contributed by atoms with E-state index < -0.39 is 21.7 Å². The van der Waals surface area contributed by atoms with E-state index in [0.29, 0.717) is 10.6 Å². The Morgan fingerprint density at radius 1 is 1.26 bits per heavy atom. The molecule has 0 amide bonds. The van der Waals surface area contributed by atoms with Gasteiger partial charge in [-0.3, -0.25) is 4.18 Å². The zero-order chi connectivity index (χ0) is 17.8. The van der Waals surface area contributed by atoms with Gasteiger partial charge in [0.15, 0.2) is 0 Å². The highest BCUT2D eigenvalue weighted by molar-refractivity contribution is 7.85. The first-order chi connectivity index (χ1) is 10.4. The number of halogens is 2. The van der Waals surface area contributed by atoms with E-state index in [9.17, 15) is 13.2 Å². The minimum Gasteiger partial charge on any atom is -0.456 e. The van der Waals surface area contributed by atoms with Crippen molar-refractivity contribution in [1.29, 1.82) is 0 Å². The van der Waals surface area contributed by atoms with Crippen molar-refractivity contribution in [1.82, 2.24) is 0 Å². The third-order valence-electron chi connectivity index (χ3n) is 2.41. The summed E-state index contributed by atoms with van der Waals surface area (Å²) in [5, 5.41) is 0.445. The van der Waals surface area contributed by atoms with Crippen molar-refractivity contribution >= 4 is 45.4 Å². The van der Waals surface area contributed by atoms with Gasteiger partial charge in [0.05, 0.1) is 23.4 Å². The Morgan fingerprint density at radius 3 is 2.39 bits per heavy atom. The van der Waals surface area contributed by atoms with Crippen molar-refractivity contribution in [3.63, 3.8) is 0 Å². The van der Waals surface area contributed by atoms with Crippen LogP contribution in [0.15, 0.2) is 18.2 Å². The monoisotopic (exact) mass is 380 g/mol. The molecule has 0 spiro atoms. The summed E-state index contributed by atoms with van der Waals surface area (Å²) in [5.41, 5.74) is -0.0946. The van der Waals surface area contributed by atoms with Crippen LogP contribution in [-0.4, -0.2) is 32.9 Å². The van der Waals surface area contributed by atoms with Crippen LogP contribution in [0, 0.1) is 0 Å². The maximum absolute atomic E-state index is 12.1. The Morgan fingerprint density at radius 2 is 1.87 bits per heavy atom. The molecule has 23 heavy (non-hydrogen) atoms. The standard InChI is InChI=1S/C15H18Cl2O5S/c1-15(2,3)22-14(18)11-7-8-12(16)10(13(11)17)6-5-9-21-23(4,19)20/h5-8H,9H2,1-4H3. The molecule has 0 atom stereocenters. The van der Waals surface area contributed by atoms with Crippen LogP contribution in [0.2, 0.25) is 10.0 Å². The topological polar surface area (TPSA) is 69.7 Å². The van der Waals surface area contributed by atoms with Crippen LogP contribution in [0.3, 0.4) is 0 Å². The summed E-state index contributed by atoms with van der Waals surface area (Å²) in [5.74, 6) is -0.568. The highest BCUT2D eigenvalue weighted by atomic mass is 35.5. The van der Waals surface area contributed by atoms with Gasteiger partial charge in [-0.2, -0.15) is 8.42 Å². The molecule has 0 saturated carbocycles. The minimum atomic E-state index is -3.53. The Bertz CT molecular complexity index is 718. The molecule has 1 aromatic rings. The lowest BCUT2D eigenvalue weighted by Gasteiger charge is -2.20. The molecule has 1 aromatic carbocycles. The fourth-order valence-electron chi connectivity index (χ4n) is 1.54. The van der Waals surface area contributed by atoms with E-state index in [-0.39, 0.29) is 17.2 Å². The number of rotatable bonds is 5. The smallest absolute Gasteiger partial charge is 0.340 e. The molecule has 0 fully saturated rings. The van der Waals surface area contributed by atoms with E-state index in [1.165, 1.54) is 24.3 Å². The average Bonchev–Trinajstić information content (AvgIpc) is 2.34. The molecule has 0 aromatic heterocycles. The molecule has 128 valence electrons. The molecular weight excluding hydrogens is 363 g/mol. The quantitative estimate of drug-likeness (QED) is 0.571. The van der Waals surface area contributed by atoms with Crippen molar-refractivity contribution in [3.05, 3.63) is 39.4 Å². The Hall–Kier alpha value is -1.08. The molecular formula is C15H18Cl2O5S. The first-order valence-electron chi connectivity index (χ1n) is 6.63. The fraction of sp³-hybridized carbons (Fsp3) is 0.400. The van der Waals surface area contributed by atoms with Gasteiger partial charge < -0.3 is 4.74 Å². The number of carbonyl (C=O) groups excluding carboxylic acids is 1. The van der Waals surface area contributed by atoms with Gasteiger partial charge in [-0.05, 0) is 32.9 Å². The van der Waals surface area contributed by atoms with Crippen LogP contribution < -0.4 is 0 Å². The van der Waals surface area contributed by atoms with E-state index in [1.807, 2.05) is 0 Å². The van der Waals surface area contributed by atoms with E-state index in [2.05, 4.69) is 4.18 Å². The van der Waals surface area contributed by atoms with Crippen LogP contribution >= 0.6 is 23.2 Å². The van der Waals surface area contributed by atoms with Gasteiger partial charge in [-0.25, -0.2) is 4.79 Å². The normalized spacial score (nSPS) is 12.6. The number of esters is 1. The van der Waals surface area contributed by atoms with Gasteiger partial charge in [-0.1, -0.05) is 35.4 Å². The molecule has 5 nitrogen and oxygen atoms in total. The van der Waals surface area contributed by atoms with E-state index >= 15 is 0 Å². The number of hydrogen-bond acceptors (Lipinski definition) is 5. The predicted molar refractivity (Wildman–Crippen MR) is 91.5 cm³/mol. The van der Waals surface area contributed by atoms with Gasteiger partial charge in [0.25, 0.3) is 10.1 Å². The second-order valence-corrected chi connectivity index (χ2v) is 8.14. The van der Waals surface area contributed by atoms with Crippen molar-refractivity contribution in [2.45, 2.75) is 26.4 Å². The molecule has 8 heteroatoms. The molecule has 0 unspecified atom stereocenters. The van der Waals surface area contributed by atoms with Crippen LogP contribution in [0.4, 0.5) is 0 Å². The number of benzene rings is 1. The zero-order valence-corrected chi connectivity index (χ0v) is 15.6. The van der Waals surface area contributed by atoms with Gasteiger partial charge in [-0.15, -0.1) is 0 Å². The van der Waals surface area contributed by atoms with Crippen LogP contribution in [0.25, 0.3) is 6.08 Å². The van der Waals surface area contributed by atoms with E-state index in [4.69, 9.17) is 27.9 Å². The molecule has 0 saturated heterocycles. The molecule has 0 aliphatic carbocycles. The third-order valence-corrected chi connectivity index (χ3v) is 3.71. The maximum Gasteiger partial charge on any atom is 0.340 e. The van der Waals surface area contributed by atoms with Gasteiger partial charge in [0, 0.05) is 10.6 Å². The van der Waals surface area contributed by atoms with Crippen molar-refractivity contribution in [2.24, 2.45) is 0 Å². The molecule has 0 aliphatic rings. The summed E-state index contributed by atoms with van der Waals surface area (Å²) in [7, 11) is -3.53. The molecule has 0 bridgehead atoms. The van der Waals surface area contributed by atoms with Crippen molar-refractivity contribution in [2.75, 3.05) is 12.9 Å². The largest absolute Gasteiger partial charge is 0.456 e. The second-order valence-electron chi connectivity index (χ2n) is 5.72. The molecule has 0 N–H and O–H groups in total. The van der Waals surface area contributed by atoms with Crippen molar-refractivity contribution < 1.29 is 22.1 Å². The highest BCUT2D eigenvalue weighted by Crippen LogP contribution is 2.30. The third kappa shape index (κ3) is 6.91. The predicted octanol–water partition coefficient (Wildman–Crippen LogP) is 3.94. The van der Waals surface area contributed by atoms with E-state index in [0.717, 1.165) is 6.26 Å². The molecule has 0 radical (unpaired) electrons. The van der Waals surface area contributed by atoms with Crippen LogP contribution in [-0.2, 0) is 19.0 Å². The number of carbonyl (C=O) groups is 1. The Kier molecular flexibility index (Phi) is 6.65. The maximum atomic E-state index is 12.1. The summed E-state index contributed by atoms with van der Waals surface area (Å²) in [4.78, 5) is 12.1. The summed E-state index contributed by atoms with van der Waals surface area (Å²) in [6, 6.07) is 2.99. The second kappa shape index (κ2) is 7.66. The average molecular weight is 381 g/mol. The highest BCUT2D eigenvalue weighted by Gasteiger charge is 2.21. The molecule has 0 heterocycles. The van der Waals surface area contributed by atoms with Crippen LogP contribution in [0.5, 0.6) is 0 Å². The van der Waals surface area contributed by atoms with Crippen molar-refractivity contribution in [3.8, 4) is 0 Å². The van der Waals surface area contributed by atoms with E-state index in [1.54, 1.807) is 20.8 Å². The van der Waals surface area contributed by atoms with Gasteiger partial charge >= 0.3 is 5.97 Å². The van der Waals surface area contributed by atoms with Gasteiger partial charge in [0.1, 0.15) is 5.60 Å². The lowest BCUT2D eigenvalue weighted by molar-refractivity contribution is 0.00697. The Balaban J connectivity index is 3.03. The summed E-state index contributed by atoms with van der Waals surface area (Å²) < 4.78 is 31.6. The summed E-state index contributed by atoms with van der Waals surface area (Å²) in [6.07, 6.45) is 3.88. The lowest BCUT2D eigenvalue weighted by Crippen LogP contribution is -2.24. The fourth-order valence-corrected chi connectivity index (χ4v) is 2.44. The molecule has 1 rings (SSSR count). The molecule has 0 aliphatic heterocycles.